The lowest BCUT2D eigenvalue weighted by Gasteiger charge is -2.06. The number of H-pyrrole nitrogens is 1. The van der Waals surface area contributed by atoms with E-state index in [0.29, 0.717) is 16.5 Å². The van der Waals surface area contributed by atoms with E-state index in [1.54, 1.807) is 20.5 Å². The van der Waals surface area contributed by atoms with Gasteiger partial charge in [0.2, 0.25) is 0 Å². The van der Waals surface area contributed by atoms with Crippen LogP contribution in [0.4, 0.5) is 0 Å². The molecule has 25 heavy (non-hydrogen) atoms. The Balaban J connectivity index is 1.89. The molecule has 0 saturated carbocycles. The van der Waals surface area contributed by atoms with Crippen molar-refractivity contribution in [3.05, 3.63) is 47.7 Å². The number of ether oxygens (including phenoxy) is 2. The van der Waals surface area contributed by atoms with Crippen LogP contribution in [-0.2, 0) is 0 Å². The van der Waals surface area contributed by atoms with E-state index in [4.69, 9.17) is 21.1 Å². The average Bonchev–Trinajstić information content (AvgIpc) is 2.99. The number of nitrogens with zero attached hydrogens (tertiary/aromatic N) is 2. The predicted molar refractivity (Wildman–Crippen MR) is 100 cm³/mol. The molecule has 126 valence electrons. The minimum Gasteiger partial charge on any atom is -0.493 e. The van der Waals surface area contributed by atoms with Crippen LogP contribution in [0.5, 0.6) is 11.5 Å². The molecule has 0 amide bonds. The van der Waals surface area contributed by atoms with Crippen LogP contribution >= 0.6 is 23.4 Å². The molecule has 0 unspecified atom stereocenters. The van der Waals surface area contributed by atoms with E-state index in [-0.39, 0.29) is 0 Å². The molecule has 0 atom stereocenters. The smallest absolute Gasteiger partial charge is 0.162 e. The van der Waals surface area contributed by atoms with Crippen molar-refractivity contribution in [2.24, 2.45) is 0 Å². The Kier molecular flexibility index (Phi) is 4.15. The van der Waals surface area contributed by atoms with Crippen molar-refractivity contribution in [3.8, 4) is 11.5 Å². The normalized spacial score (nSPS) is 11.2. The SMILES string of the molecule is COc1cc2[nH]c3c(Sc4cccc(Cl)c4)ncnc3c2cc1OC. The molecule has 0 fully saturated rings. The van der Waals surface area contributed by atoms with Crippen molar-refractivity contribution in [1.29, 1.82) is 0 Å². The number of hydrogen-bond donors (Lipinski definition) is 1. The van der Waals surface area contributed by atoms with Gasteiger partial charge in [0, 0.05) is 21.4 Å². The lowest BCUT2D eigenvalue weighted by Crippen LogP contribution is -1.89. The lowest BCUT2D eigenvalue weighted by atomic mass is 10.2. The van der Waals surface area contributed by atoms with Crippen LogP contribution in [0, 0.1) is 0 Å². The van der Waals surface area contributed by atoms with Crippen LogP contribution in [0.3, 0.4) is 0 Å². The minimum absolute atomic E-state index is 0.665. The Labute approximate surface area is 153 Å². The maximum absolute atomic E-state index is 6.08. The van der Waals surface area contributed by atoms with Gasteiger partial charge in [0.05, 0.1) is 25.3 Å². The number of aromatic amines is 1. The van der Waals surface area contributed by atoms with Crippen molar-refractivity contribution in [3.63, 3.8) is 0 Å². The van der Waals surface area contributed by atoms with Gasteiger partial charge in [0.1, 0.15) is 16.9 Å². The summed E-state index contributed by atoms with van der Waals surface area (Å²) in [4.78, 5) is 13.3. The summed E-state index contributed by atoms with van der Waals surface area (Å²) in [5, 5.41) is 2.49. The third kappa shape index (κ3) is 2.88. The van der Waals surface area contributed by atoms with E-state index in [0.717, 1.165) is 31.9 Å². The quantitative estimate of drug-likeness (QED) is 0.515. The molecule has 0 aliphatic heterocycles. The van der Waals surface area contributed by atoms with Gasteiger partial charge in [-0.3, -0.25) is 0 Å². The third-order valence-corrected chi connectivity index (χ3v) is 5.09. The van der Waals surface area contributed by atoms with Crippen LogP contribution in [0.15, 0.2) is 52.6 Å². The summed E-state index contributed by atoms with van der Waals surface area (Å²) in [6.07, 6.45) is 1.57. The fourth-order valence-electron chi connectivity index (χ4n) is 2.72. The second-order valence-corrected chi connectivity index (χ2v) is 6.84. The summed E-state index contributed by atoms with van der Waals surface area (Å²) >= 11 is 7.62. The van der Waals surface area contributed by atoms with Crippen LogP contribution in [-0.4, -0.2) is 29.2 Å². The maximum Gasteiger partial charge on any atom is 0.162 e. The first kappa shape index (κ1) is 16.1. The standard InChI is InChI=1S/C18H14ClN3O2S/c1-23-14-7-12-13(8-15(14)24-2)22-17-16(12)20-9-21-18(17)25-11-5-3-4-10(19)6-11/h3-9,22H,1-2H3. The van der Waals surface area contributed by atoms with Crippen LogP contribution < -0.4 is 9.47 Å². The van der Waals surface area contributed by atoms with Gasteiger partial charge in [0.25, 0.3) is 0 Å². The van der Waals surface area contributed by atoms with E-state index in [1.807, 2.05) is 36.4 Å². The number of fused-ring (bicyclic) bond motifs is 3. The Morgan fingerprint density at radius 3 is 2.60 bits per heavy atom. The highest BCUT2D eigenvalue weighted by atomic mass is 35.5. The number of aromatic nitrogens is 3. The van der Waals surface area contributed by atoms with Crippen molar-refractivity contribution in [1.82, 2.24) is 15.0 Å². The molecular formula is C18H14ClN3O2S. The molecule has 1 N–H and O–H groups in total. The van der Waals surface area contributed by atoms with Gasteiger partial charge in [-0.1, -0.05) is 29.4 Å². The number of hydrogen-bond acceptors (Lipinski definition) is 5. The van der Waals surface area contributed by atoms with E-state index in [9.17, 15) is 0 Å². The summed E-state index contributed by atoms with van der Waals surface area (Å²) in [6.45, 7) is 0. The van der Waals surface area contributed by atoms with Gasteiger partial charge in [0.15, 0.2) is 11.5 Å². The molecule has 5 nitrogen and oxygen atoms in total. The fraction of sp³-hybridized carbons (Fsp3) is 0.111. The Morgan fingerprint density at radius 1 is 1.04 bits per heavy atom. The van der Waals surface area contributed by atoms with E-state index in [2.05, 4.69) is 15.0 Å². The highest BCUT2D eigenvalue weighted by molar-refractivity contribution is 7.99. The number of nitrogens with one attached hydrogen (secondary N) is 1. The molecule has 0 aliphatic carbocycles. The monoisotopic (exact) mass is 371 g/mol. The minimum atomic E-state index is 0.665. The second-order valence-electron chi connectivity index (χ2n) is 5.34. The summed E-state index contributed by atoms with van der Waals surface area (Å²) in [5.41, 5.74) is 2.63. The Morgan fingerprint density at radius 2 is 1.84 bits per heavy atom. The van der Waals surface area contributed by atoms with Crippen LogP contribution in [0.1, 0.15) is 0 Å². The summed E-state index contributed by atoms with van der Waals surface area (Å²) in [6, 6.07) is 11.5. The van der Waals surface area contributed by atoms with E-state index < -0.39 is 0 Å². The topological polar surface area (TPSA) is 60.0 Å². The van der Waals surface area contributed by atoms with Gasteiger partial charge in [-0.25, -0.2) is 9.97 Å². The number of rotatable bonds is 4. The first-order valence-electron chi connectivity index (χ1n) is 7.51. The highest BCUT2D eigenvalue weighted by Gasteiger charge is 2.15. The number of methoxy groups -OCH3 is 2. The number of halogens is 1. The van der Waals surface area contributed by atoms with Crippen molar-refractivity contribution in [2.75, 3.05) is 14.2 Å². The summed E-state index contributed by atoms with van der Waals surface area (Å²) in [5.74, 6) is 1.33. The largest absolute Gasteiger partial charge is 0.493 e. The van der Waals surface area contributed by atoms with Crippen LogP contribution in [0.25, 0.3) is 21.9 Å². The molecule has 0 spiro atoms. The van der Waals surface area contributed by atoms with Gasteiger partial charge in [-0.05, 0) is 24.3 Å². The van der Waals surface area contributed by atoms with Gasteiger partial charge < -0.3 is 14.5 Å². The third-order valence-electron chi connectivity index (χ3n) is 3.86. The lowest BCUT2D eigenvalue weighted by molar-refractivity contribution is 0.356. The maximum atomic E-state index is 6.08. The Bertz CT molecular complexity index is 1080. The number of benzene rings is 2. The fourth-order valence-corrected chi connectivity index (χ4v) is 3.88. The average molecular weight is 372 g/mol. The van der Waals surface area contributed by atoms with Gasteiger partial charge in [-0.2, -0.15) is 0 Å². The molecule has 0 aliphatic rings. The second kappa shape index (κ2) is 6.46. The van der Waals surface area contributed by atoms with Crippen molar-refractivity contribution < 1.29 is 9.47 Å². The predicted octanol–water partition coefficient (Wildman–Crippen LogP) is 4.93. The molecule has 4 aromatic rings. The Hall–Kier alpha value is -2.44. The molecule has 0 bridgehead atoms. The van der Waals surface area contributed by atoms with Crippen molar-refractivity contribution >= 4 is 45.3 Å². The van der Waals surface area contributed by atoms with Gasteiger partial charge in [-0.15, -0.1) is 0 Å². The van der Waals surface area contributed by atoms with Crippen LogP contribution in [0.2, 0.25) is 5.02 Å². The zero-order valence-corrected chi connectivity index (χ0v) is 15.1. The van der Waals surface area contributed by atoms with E-state index >= 15 is 0 Å². The zero-order valence-electron chi connectivity index (χ0n) is 13.5. The van der Waals surface area contributed by atoms with Gasteiger partial charge >= 0.3 is 0 Å². The summed E-state index contributed by atoms with van der Waals surface area (Å²) < 4.78 is 10.8. The molecule has 0 radical (unpaired) electrons. The molecule has 2 aromatic heterocycles. The highest BCUT2D eigenvalue weighted by Crippen LogP contribution is 2.38. The first-order valence-corrected chi connectivity index (χ1v) is 8.71. The molecule has 7 heteroatoms. The molecule has 2 heterocycles. The molecule has 4 rings (SSSR count). The molecular weight excluding hydrogens is 358 g/mol. The van der Waals surface area contributed by atoms with Crippen molar-refractivity contribution in [2.45, 2.75) is 9.92 Å². The summed E-state index contributed by atoms with van der Waals surface area (Å²) in [7, 11) is 3.24. The molecule has 0 saturated heterocycles. The first-order chi connectivity index (χ1) is 12.2. The zero-order chi connectivity index (χ0) is 17.4. The van der Waals surface area contributed by atoms with E-state index in [1.165, 1.54) is 11.8 Å². The molecule has 2 aromatic carbocycles.